The van der Waals surface area contributed by atoms with Gasteiger partial charge in [-0.2, -0.15) is 0 Å². The van der Waals surface area contributed by atoms with E-state index in [1.54, 1.807) is 24.3 Å². The zero-order valence-electron chi connectivity index (χ0n) is 14.9. The Kier molecular flexibility index (Phi) is 5.32. The largest absolute Gasteiger partial charge is 0.480 e. The number of morpholine rings is 1. The van der Waals surface area contributed by atoms with Crippen molar-refractivity contribution in [1.29, 1.82) is 0 Å². The highest BCUT2D eigenvalue weighted by molar-refractivity contribution is 6.30. The number of rotatable bonds is 5. The zero-order chi connectivity index (χ0) is 19.8. The Morgan fingerprint density at radius 1 is 1.07 bits per heavy atom. The molecule has 1 unspecified atom stereocenters. The maximum absolute atomic E-state index is 12.9. The summed E-state index contributed by atoms with van der Waals surface area (Å²) in [5, 5.41) is 11.0. The Morgan fingerprint density at radius 3 is 2.39 bits per heavy atom. The predicted molar refractivity (Wildman–Crippen MR) is 105 cm³/mol. The first kappa shape index (κ1) is 19.2. The smallest absolute Gasteiger partial charge is 0.326 e. The van der Waals surface area contributed by atoms with Crippen LogP contribution in [0.2, 0.25) is 10.0 Å². The van der Waals surface area contributed by atoms with Gasteiger partial charge in [0.25, 0.3) is 0 Å². The van der Waals surface area contributed by atoms with Crippen molar-refractivity contribution in [2.24, 2.45) is 5.92 Å². The number of benzene rings is 2. The number of ether oxygens (including phenoxy) is 1. The molecule has 0 spiro atoms. The highest BCUT2D eigenvalue weighted by Crippen LogP contribution is 2.46. The van der Waals surface area contributed by atoms with Crippen molar-refractivity contribution in [2.75, 3.05) is 6.61 Å². The third-order valence-corrected chi connectivity index (χ3v) is 5.76. The van der Waals surface area contributed by atoms with E-state index in [0.717, 1.165) is 24.0 Å². The van der Waals surface area contributed by atoms with Gasteiger partial charge >= 0.3 is 5.97 Å². The van der Waals surface area contributed by atoms with Crippen LogP contribution in [0, 0.1) is 5.92 Å². The summed E-state index contributed by atoms with van der Waals surface area (Å²) in [5.74, 6) is -1.34. The molecule has 1 N–H and O–H groups in total. The summed E-state index contributed by atoms with van der Waals surface area (Å²) in [4.78, 5) is 26.4. The number of carbonyl (C=O) groups is 2. The maximum Gasteiger partial charge on any atom is 0.326 e. The van der Waals surface area contributed by atoms with E-state index in [1.165, 1.54) is 4.90 Å². The number of carboxylic acids is 1. The Labute approximate surface area is 172 Å². The number of aliphatic carboxylic acids is 1. The summed E-state index contributed by atoms with van der Waals surface area (Å²) >= 11 is 12.2. The number of nitrogens with zero attached hydrogens (tertiary/aromatic N) is 1. The fraction of sp³-hybridized carbons (Fsp3) is 0.333. The minimum atomic E-state index is -0.985. The Morgan fingerprint density at radius 2 is 1.79 bits per heavy atom. The Hall–Kier alpha value is -2.08. The molecular weight excluding hydrogens is 401 g/mol. The molecule has 2 aromatic rings. The highest BCUT2D eigenvalue weighted by Gasteiger charge is 2.49. The van der Waals surface area contributed by atoms with E-state index in [0.29, 0.717) is 10.0 Å². The van der Waals surface area contributed by atoms with Gasteiger partial charge in [0.2, 0.25) is 5.91 Å². The highest BCUT2D eigenvalue weighted by atomic mass is 35.5. The van der Waals surface area contributed by atoms with Crippen LogP contribution in [0.3, 0.4) is 0 Å². The van der Waals surface area contributed by atoms with E-state index in [9.17, 15) is 14.7 Å². The van der Waals surface area contributed by atoms with Crippen molar-refractivity contribution in [3.63, 3.8) is 0 Å². The first-order valence-corrected chi connectivity index (χ1v) is 9.88. The third kappa shape index (κ3) is 3.75. The molecule has 2 aliphatic rings. The first-order chi connectivity index (χ1) is 13.5. The lowest BCUT2D eigenvalue weighted by Crippen LogP contribution is -2.54. The lowest BCUT2D eigenvalue weighted by atomic mass is 9.90. The molecule has 1 aliphatic heterocycles. The average Bonchev–Trinajstić information content (AvgIpc) is 3.48. The van der Waals surface area contributed by atoms with Crippen LogP contribution in [-0.2, 0) is 14.3 Å². The van der Waals surface area contributed by atoms with Gasteiger partial charge in [-0.15, -0.1) is 0 Å². The Bertz CT molecular complexity index is 898. The van der Waals surface area contributed by atoms with E-state index in [4.69, 9.17) is 27.9 Å². The minimum Gasteiger partial charge on any atom is -0.480 e. The third-order valence-electron chi connectivity index (χ3n) is 5.27. The average molecular weight is 420 g/mol. The fourth-order valence-electron chi connectivity index (χ4n) is 3.87. The molecule has 3 atom stereocenters. The van der Waals surface area contributed by atoms with Crippen molar-refractivity contribution < 1.29 is 19.4 Å². The second-order valence-electron chi connectivity index (χ2n) is 7.20. The molecule has 7 heteroatoms. The summed E-state index contributed by atoms with van der Waals surface area (Å²) < 4.78 is 5.91. The van der Waals surface area contributed by atoms with Gasteiger partial charge in [-0.05, 0) is 54.2 Å². The number of amides is 1. The van der Waals surface area contributed by atoms with Crippen LogP contribution in [0.1, 0.15) is 36.1 Å². The molecule has 2 aromatic carbocycles. The summed E-state index contributed by atoms with van der Waals surface area (Å²) in [7, 11) is 0. The van der Waals surface area contributed by atoms with Crippen LogP contribution in [0.25, 0.3) is 0 Å². The zero-order valence-corrected chi connectivity index (χ0v) is 16.4. The molecule has 1 amide bonds. The van der Waals surface area contributed by atoms with Gasteiger partial charge < -0.3 is 14.7 Å². The van der Waals surface area contributed by atoms with Crippen molar-refractivity contribution in [2.45, 2.75) is 31.0 Å². The van der Waals surface area contributed by atoms with E-state index in [-0.39, 0.29) is 18.4 Å². The van der Waals surface area contributed by atoms with Crippen LogP contribution < -0.4 is 0 Å². The van der Waals surface area contributed by atoms with Crippen LogP contribution in [-0.4, -0.2) is 34.5 Å². The van der Waals surface area contributed by atoms with E-state index in [1.807, 2.05) is 24.3 Å². The van der Waals surface area contributed by atoms with Crippen LogP contribution in [0.4, 0.5) is 0 Å². The van der Waals surface area contributed by atoms with Crippen molar-refractivity contribution in [3.8, 4) is 0 Å². The summed E-state index contributed by atoms with van der Waals surface area (Å²) in [6.07, 6.45) is 1.08. The molecule has 1 heterocycles. The molecule has 1 saturated carbocycles. The van der Waals surface area contributed by atoms with E-state index in [2.05, 4.69) is 0 Å². The molecule has 1 aliphatic carbocycles. The SMILES string of the molecule is O=C(O)C(C1CC1)N1C(=O)CO[C@H](c2cccc(Cl)c2)[C@H]1c1ccc(Cl)cc1. The van der Waals surface area contributed by atoms with Gasteiger partial charge in [0.1, 0.15) is 18.8 Å². The van der Waals surface area contributed by atoms with Gasteiger partial charge in [0.15, 0.2) is 0 Å². The standard InChI is InChI=1S/C21H19Cl2NO4/c22-15-8-6-12(7-9-15)18-20(14-2-1-3-16(23)10-14)28-11-17(25)24(18)19(21(26)27)13-4-5-13/h1-3,6-10,13,18-20H,4-5,11H2,(H,26,27)/t18-,19?,20-/m1/s1. The normalized spacial score (nSPS) is 23.5. The minimum absolute atomic E-state index is 0.0330. The molecule has 146 valence electrons. The van der Waals surface area contributed by atoms with Gasteiger partial charge in [-0.1, -0.05) is 47.5 Å². The number of hydrogen-bond donors (Lipinski definition) is 1. The van der Waals surface area contributed by atoms with Gasteiger partial charge in [-0.3, -0.25) is 4.79 Å². The second-order valence-corrected chi connectivity index (χ2v) is 8.08. The number of halogens is 2. The quantitative estimate of drug-likeness (QED) is 0.774. The summed E-state index contributed by atoms with van der Waals surface area (Å²) in [5.41, 5.74) is 1.57. The first-order valence-electron chi connectivity index (χ1n) is 9.12. The van der Waals surface area contributed by atoms with E-state index >= 15 is 0 Å². The van der Waals surface area contributed by atoms with Gasteiger partial charge in [-0.25, -0.2) is 4.79 Å². The van der Waals surface area contributed by atoms with E-state index < -0.39 is 24.2 Å². The summed E-state index contributed by atoms with van der Waals surface area (Å²) in [6, 6.07) is 12.9. The van der Waals surface area contributed by atoms with Crippen LogP contribution >= 0.6 is 23.2 Å². The fourth-order valence-corrected chi connectivity index (χ4v) is 4.20. The van der Waals surface area contributed by atoms with Crippen LogP contribution in [0.15, 0.2) is 48.5 Å². The molecule has 0 aromatic heterocycles. The van der Waals surface area contributed by atoms with Crippen molar-refractivity contribution >= 4 is 35.1 Å². The molecular formula is C21H19Cl2NO4. The molecule has 0 radical (unpaired) electrons. The lowest BCUT2D eigenvalue weighted by Gasteiger charge is -2.44. The topological polar surface area (TPSA) is 66.8 Å². The Balaban J connectivity index is 1.82. The molecule has 28 heavy (non-hydrogen) atoms. The molecule has 4 rings (SSSR count). The van der Waals surface area contributed by atoms with Crippen molar-refractivity contribution in [3.05, 3.63) is 69.7 Å². The summed E-state index contributed by atoms with van der Waals surface area (Å²) in [6.45, 7) is -0.169. The number of carboxylic acid groups (broad SMARTS) is 1. The lowest BCUT2D eigenvalue weighted by molar-refractivity contribution is -0.172. The number of hydrogen-bond acceptors (Lipinski definition) is 3. The second kappa shape index (κ2) is 7.74. The molecule has 2 fully saturated rings. The number of carbonyl (C=O) groups excluding carboxylic acids is 1. The van der Waals surface area contributed by atoms with Gasteiger partial charge in [0, 0.05) is 10.0 Å². The van der Waals surface area contributed by atoms with Crippen molar-refractivity contribution in [1.82, 2.24) is 4.90 Å². The predicted octanol–water partition coefficient (Wildman–Crippen LogP) is 4.50. The van der Waals surface area contributed by atoms with Crippen LogP contribution in [0.5, 0.6) is 0 Å². The monoisotopic (exact) mass is 419 g/mol. The molecule has 0 bridgehead atoms. The maximum atomic E-state index is 12.9. The molecule has 5 nitrogen and oxygen atoms in total. The molecule has 1 saturated heterocycles. The van der Waals surface area contributed by atoms with Gasteiger partial charge in [0.05, 0.1) is 6.04 Å².